The van der Waals surface area contributed by atoms with Crippen LogP contribution >= 0.6 is 11.3 Å². The maximum Gasteiger partial charge on any atom is 0.443 e. The zero-order valence-corrected chi connectivity index (χ0v) is 12.1. The molecule has 1 aromatic heterocycles. The number of aromatic nitrogens is 1. The molecular formula is C13H19F3N2OS. The van der Waals surface area contributed by atoms with Gasteiger partial charge in [0.15, 0.2) is 5.01 Å². The van der Waals surface area contributed by atoms with Gasteiger partial charge in [0.25, 0.3) is 0 Å². The summed E-state index contributed by atoms with van der Waals surface area (Å²) in [5, 5.41) is -0.846. The van der Waals surface area contributed by atoms with Crippen LogP contribution in [0, 0.1) is 5.92 Å². The van der Waals surface area contributed by atoms with Crippen molar-refractivity contribution in [2.24, 2.45) is 11.7 Å². The zero-order valence-electron chi connectivity index (χ0n) is 11.3. The number of rotatable bonds is 4. The van der Waals surface area contributed by atoms with E-state index in [0.29, 0.717) is 22.1 Å². The predicted octanol–water partition coefficient (Wildman–Crippen LogP) is 3.76. The molecule has 1 saturated carbocycles. The van der Waals surface area contributed by atoms with Crippen LogP contribution in [-0.4, -0.2) is 18.2 Å². The molecule has 0 spiro atoms. The maximum absolute atomic E-state index is 12.6. The van der Waals surface area contributed by atoms with Crippen molar-refractivity contribution in [2.75, 3.05) is 7.11 Å². The van der Waals surface area contributed by atoms with Crippen molar-refractivity contribution in [2.45, 2.75) is 50.4 Å². The lowest BCUT2D eigenvalue weighted by Crippen LogP contribution is -2.35. The Hall–Kier alpha value is -0.660. The maximum atomic E-state index is 12.6. The van der Waals surface area contributed by atoms with Crippen molar-refractivity contribution >= 4 is 11.3 Å². The summed E-state index contributed by atoms with van der Waals surface area (Å²) >= 11 is 0.615. The summed E-state index contributed by atoms with van der Waals surface area (Å²) < 4.78 is 43.2. The van der Waals surface area contributed by atoms with Crippen molar-refractivity contribution < 1.29 is 17.9 Å². The summed E-state index contributed by atoms with van der Waals surface area (Å²) in [6.45, 7) is 0. The number of methoxy groups -OCH3 is 1. The van der Waals surface area contributed by atoms with Gasteiger partial charge in [-0.15, -0.1) is 11.3 Å². The molecule has 0 aliphatic heterocycles. The van der Waals surface area contributed by atoms with Gasteiger partial charge in [-0.3, -0.25) is 0 Å². The molecule has 1 aliphatic rings. The molecule has 114 valence electrons. The van der Waals surface area contributed by atoms with Crippen LogP contribution in [0.15, 0.2) is 6.20 Å². The summed E-state index contributed by atoms with van der Waals surface area (Å²) in [4.78, 5) is 3.87. The van der Waals surface area contributed by atoms with Crippen molar-refractivity contribution in [3.05, 3.63) is 16.1 Å². The van der Waals surface area contributed by atoms with Gasteiger partial charge in [-0.25, -0.2) is 4.98 Å². The number of nitrogens with zero attached hydrogens (tertiary/aromatic N) is 1. The highest BCUT2D eigenvalue weighted by Gasteiger charge is 2.37. The van der Waals surface area contributed by atoms with E-state index in [2.05, 4.69) is 4.98 Å². The van der Waals surface area contributed by atoms with E-state index < -0.39 is 17.2 Å². The topological polar surface area (TPSA) is 48.1 Å². The van der Waals surface area contributed by atoms with E-state index in [4.69, 9.17) is 10.5 Å². The Kier molecular flexibility index (Phi) is 5.04. The van der Waals surface area contributed by atoms with Crippen LogP contribution in [0.5, 0.6) is 0 Å². The molecule has 0 bridgehead atoms. The largest absolute Gasteiger partial charge is 0.443 e. The summed E-state index contributed by atoms with van der Waals surface area (Å²) in [7, 11) is 1.57. The third-order valence-electron chi connectivity index (χ3n) is 3.84. The molecule has 0 amide bonds. The summed E-state index contributed by atoms with van der Waals surface area (Å²) in [5.74, 6) is 0.320. The number of thiazole rings is 1. The summed E-state index contributed by atoms with van der Waals surface area (Å²) in [5.41, 5.74) is 6.12. The van der Waals surface area contributed by atoms with Crippen molar-refractivity contribution in [3.8, 4) is 0 Å². The highest BCUT2D eigenvalue weighted by molar-refractivity contribution is 7.11. The number of hydrogen-bond acceptors (Lipinski definition) is 4. The van der Waals surface area contributed by atoms with E-state index >= 15 is 0 Å². The van der Waals surface area contributed by atoms with Gasteiger partial charge >= 0.3 is 6.18 Å². The van der Waals surface area contributed by atoms with E-state index in [9.17, 15) is 13.2 Å². The average Bonchev–Trinajstić information content (AvgIpc) is 2.90. The Bertz CT molecular complexity index is 429. The highest BCUT2D eigenvalue weighted by Crippen LogP contribution is 2.38. The second-order valence-electron chi connectivity index (χ2n) is 5.19. The standard InChI is InChI=1S/C13H19F3N2OS/c1-19-11(8-5-3-2-4-6-8)10(17)9-7-18-12(20-9)13(14,15)16/h7-8,10-11H,2-6,17H2,1H3. The monoisotopic (exact) mass is 308 g/mol. The molecule has 20 heavy (non-hydrogen) atoms. The lowest BCUT2D eigenvalue weighted by molar-refractivity contribution is -0.137. The van der Waals surface area contributed by atoms with Gasteiger partial charge in [-0.05, 0) is 18.8 Å². The fraction of sp³-hybridized carbons (Fsp3) is 0.769. The van der Waals surface area contributed by atoms with Crippen molar-refractivity contribution in [1.29, 1.82) is 0 Å². The van der Waals surface area contributed by atoms with Crippen LogP contribution in [0.2, 0.25) is 0 Å². The Morgan fingerprint density at radius 2 is 2.00 bits per heavy atom. The van der Waals surface area contributed by atoms with Crippen LogP contribution < -0.4 is 5.73 Å². The van der Waals surface area contributed by atoms with E-state index in [1.165, 1.54) is 12.6 Å². The van der Waals surface area contributed by atoms with Crippen LogP contribution in [0.3, 0.4) is 0 Å². The average molecular weight is 308 g/mol. The van der Waals surface area contributed by atoms with E-state index in [-0.39, 0.29) is 6.10 Å². The molecular weight excluding hydrogens is 289 g/mol. The molecule has 2 atom stereocenters. The fourth-order valence-corrected chi connectivity index (χ4v) is 3.65. The molecule has 2 N–H and O–H groups in total. The molecule has 1 fully saturated rings. The minimum absolute atomic E-state index is 0.239. The summed E-state index contributed by atoms with van der Waals surface area (Å²) in [6, 6.07) is -0.545. The van der Waals surface area contributed by atoms with Gasteiger partial charge in [-0.2, -0.15) is 13.2 Å². The van der Waals surface area contributed by atoms with Crippen molar-refractivity contribution in [3.63, 3.8) is 0 Å². The smallest absolute Gasteiger partial charge is 0.379 e. The SMILES string of the molecule is COC(C1CCCCC1)C(N)c1cnc(C(F)(F)F)s1. The molecule has 0 aromatic carbocycles. The third-order valence-corrected chi connectivity index (χ3v) is 4.98. The van der Waals surface area contributed by atoms with Crippen LogP contribution in [-0.2, 0) is 10.9 Å². The first-order chi connectivity index (χ1) is 9.43. The minimum atomic E-state index is -4.41. The Labute approximate surface area is 120 Å². The first kappa shape index (κ1) is 15.7. The van der Waals surface area contributed by atoms with Crippen molar-refractivity contribution in [1.82, 2.24) is 4.98 Å². The lowest BCUT2D eigenvalue weighted by atomic mass is 9.82. The molecule has 2 unspecified atom stereocenters. The van der Waals surface area contributed by atoms with Gasteiger partial charge < -0.3 is 10.5 Å². The Morgan fingerprint density at radius 3 is 2.50 bits per heavy atom. The molecule has 1 heterocycles. The van der Waals surface area contributed by atoms with Crippen LogP contribution in [0.25, 0.3) is 0 Å². The Balaban J connectivity index is 2.11. The minimum Gasteiger partial charge on any atom is -0.379 e. The first-order valence-electron chi connectivity index (χ1n) is 6.74. The van der Waals surface area contributed by atoms with E-state index in [1.54, 1.807) is 7.11 Å². The zero-order chi connectivity index (χ0) is 14.8. The number of ether oxygens (including phenoxy) is 1. The number of nitrogens with two attached hydrogens (primary N) is 1. The van der Waals surface area contributed by atoms with Gasteiger partial charge in [-0.1, -0.05) is 19.3 Å². The van der Waals surface area contributed by atoms with E-state index in [0.717, 1.165) is 25.7 Å². The van der Waals surface area contributed by atoms with Gasteiger partial charge in [0.2, 0.25) is 0 Å². The first-order valence-corrected chi connectivity index (χ1v) is 7.56. The summed E-state index contributed by atoms with van der Waals surface area (Å²) in [6.07, 6.45) is 2.11. The molecule has 3 nitrogen and oxygen atoms in total. The molecule has 1 aliphatic carbocycles. The quantitative estimate of drug-likeness (QED) is 0.921. The molecule has 7 heteroatoms. The molecule has 0 radical (unpaired) electrons. The molecule has 2 rings (SSSR count). The molecule has 0 saturated heterocycles. The number of hydrogen-bond donors (Lipinski definition) is 1. The number of alkyl halides is 3. The van der Waals surface area contributed by atoms with Crippen LogP contribution in [0.4, 0.5) is 13.2 Å². The predicted molar refractivity (Wildman–Crippen MR) is 71.4 cm³/mol. The highest BCUT2D eigenvalue weighted by atomic mass is 32.1. The van der Waals surface area contributed by atoms with Gasteiger partial charge in [0.05, 0.1) is 12.1 Å². The normalized spacial score (nSPS) is 20.9. The van der Waals surface area contributed by atoms with Gasteiger partial charge in [0.1, 0.15) is 0 Å². The molecule has 1 aromatic rings. The lowest BCUT2D eigenvalue weighted by Gasteiger charge is -2.32. The second kappa shape index (κ2) is 6.41. The number of halogens is 3. The van der Waals surface area contributed by atoms with Crippen LogP contribution in [0.1, 0.15) is 48.0 Å². The van der Waals surface area contributed by atoms with E-state index in [1.807, 2.05) is 0 Å². The fourth-order valence-electron chi connectivity index (χ4n) is 2.83. The Morgan fingerprint density at radius 1 is 1.35 bits per heavy atom. The second-order valence-corrected chi connectivity index (χ2v) is 6.25. The third kappa shape index (κ3) is 3.51. The van der Waals surface area contributed by atoms with Gasteiger partial charge in [0, 0.05) is 18.2 Å².